The summed E-state index contributed by atoms with van der Waals surface area (Å²) < 4.78 is 26.4. The van der Waals surface area contributed by atoms with Gasteiger partial charge in [-0.2, -0.15) is 4.31 Å². The number of hydrogen-bond donors (Lipinski definition) is 2. The monoisotopic (exact) mass is 362 g/mol. The van der Waals surface area contributed by atoms with Crippen molar-refractivity contribution in [1.29, 1.82) is 0 Å². The van der Waals surface area contributed by atoms with Gasteiger partial charge >= 0.3 is 0 Å². The molecule has 7 nitrogen and oxygen atoms in total. The zero-order valence-electron chi connectivity index (χ0n) is 14.2. The van der Waals surface area contributed by atoms with Crippen LogP contribution in [0.1, 0.15) is 34.7 Å². The Hall–Kier alpha value is -2.19. The predicted octanol–water partition coefficient (Wildman–Crippen LogP) is 1.48. The number of H-pyrrole nitrogens is 1. The van der Waals surface area contributed by atoms with Crippen molar-refractivity contribution in [3.05, 3.63) is 47.5 Å². The molecule has 2 N–H and O–H groups in total. The minimum atomic E-state index is -3.44. The van der Waals surface area contributed by atoms with E-state index >= 15 is 0 Å². The lowest BCUT2D eigenvalue weighted by atomic mass is 10.2. The molecule has 0 bridgehead atoms. The molecular formula is C17H22N4O3S. The lowest BCUT2D eigenvalue weighted by Gasteiger charge is -2.15. The molecule has 25 heavy (non-hydrogen) atoms. The van der Waals surface area contributed by atoms with Crippen LogP contribution in [0, 0.1) is 6.92 Å². The fourth-order valence-corrected chi connectivity index (χ4v) is 4.38. The van der Waals surface area contributed by atoms with Crippen LogP contribution in [0.2, 0.25) is 0 Å². The minimum absolute atomic E-state index is 0.221. The highest BCUT2D eigenvalue weighted by molar-refractivity contribution is 7.89. The quantitative estimate of drug-likeness (QED) is 0.814. The smallest absolute Gasteiger partial charge is 0.251 e. The second-order valence-corrected chi connectivity index (χ2v) is 8.07. The van der Waals surface area contributed by atoms with E-state index < -0.39 is 10.0 Å². The van der Waals surface area contributed by atoms with Gasteiger partial charge in [0.15, 0.2) is 0 Å². The van der Waals surface area contributed by atoms with E-state index in [9.17, 15) is 13.2 Å². The maximum Gasteiger partial charge on any atom is 0.251 e. The number of carbonyl (C=O) groups is 1. The summed E-state index contributed by atoms with van der Waals surface area (Å²) in [7, 11) is -3.44. The van der Waals surface area contributed by atoms with Gasteiger partial charge in [0.25, 0.3) is 5.91 Å². The Labute approximate surface area is 147 Å². The molecule has 2 heterocycles. The summed E-state index contributed by atoms with van der Waals surface area (Å²) in [4.78, 5) is 19.6. The van der Waals surface area contributed by atoms with Crippen LogP contribution in [0.15, 0.2) is 35.4 Å². The van der Waals surface area contributed by atoms with Gasteiger partial charge < -0.3 is 10.3 Å². The number of benzene rings is 1. The van der Waals surface area contributed by atoms with E-state index in [4.69, 9.17) is 0 Å². The highest BCUT2D eigenvalue weighted by Crippen LogP contribution is 2.21. The first-order valence-electron chi connectivity index (χ1n) is 8.36. The molecule has 0 aliphatic carbocycles. The van der Waals surface area contributed by atoms with Crippen LogP contribution in [0.3, 0.4) is 0 Å². The third-order valence-electron chi connectivity index (χ3n) is 4.25. The number of amides is 1. The van der Waals surface area contributed by atoms with Crippen LogP contribution in [-0.4, -0.2) is 48.2 Å². The summed E-state index contributed by atoms with van der Waals surface area (Å²) in [5, 5.41) is 2.82. The van der Waals surface area contributed by atoms with Crippen molar-refractivity contribution in [2.75, 3.05) is 19.6 Å². The molecule has 134 valence electrons. The molecule has 0 atom stereocenters. The van der Waals surface area contributed by atoms with E-state index in [0.717, 1.165) is 24.4 Å². The van der Waals surface area contributed by atoms with Gasteiger partial charge in [-0.05, 0) is 44.0 Å². The maximum atomic E-state index is 12.5. The highest BCUT2D eigenvalue weighted by Gasteiger charge is 2.27. The summed E-state index contributed by atoms with van der Waals surface area (Å²) in [6.45, 7) is 3.49. The number of aromatic nitrogens is 2. The fourth-order valence-electron chi connectivity index (χ4n) is 2.87. The molecule has 1 aliphatic rings. The van der Waals surface area contributed by atoms with Gasteiger partial charge in [0, 0.05) is 43.5 Å². The molecule has 0 spiro atoms. The highest BCUT2D eigenvalue weighted by atomic mass is 32.2. The van der Waals surface area contributed by atoms with Crippen LogP contribution in [0.25, 0.3) is 0 Å². The Bertz CT molecular complexity index is 837. The molecule has 3 rings (SSSR count). The zero-order chi connectivity index (χ0) is 17.9. The van der Waals surface area contributed by atoms with Crippen molar-refractivity contribution in [3.8, 4) is 0 Å². The molecule has 0 saturated carbocycles. The van der Waals surface area contributed by atoms with Crippen molar-refractivity contribution < 1.29 is 13.2 Å². The number of imidazole rings is 1. The van der Waals surface area contributed by atoms with E-state index in [1.807, 2.05) is 6.92 Å². The lowest BCUT2D eigenvalue weighted by Crippen LogP contribution is -2.28. The first-order chi connectivity index (χ1) is 12.0. The van der Waals surface area contributed by atoms with Crippen LogP contribution < -0.4 is 5.32 Å². The molecule has 0 unspecified atom stereocenters. The Kier molecular flexibility index (Phi) is 5.19. The molecule has 1 aromatic carbocycles. The number of aryl methyl sites for hydroxylation is 1. The number of carbonyl (C=O) groups excluding carboxylic acids is 1. The molecule has 1 saturated heterocycles. The van der Waals surface area contributed by atoms with Crippen molar-refractivity contribution >= 4 is 15.9 Å². The minimum Gasteiger partial charge on any atom is -0.352 e. The van der Waals surface area contributed by atoms with Gasteiger partial charge in [-0.3, -0.25) is 4.79 Å². The standard InChI is InChI=1S/C17H22N4O3S/c1-13-19-12-15(20-13)8-9-18-17(22)14-4-6-16(7-5-14)25(23,24)21-10-2-3-11-21/h4-7,12H,2-3,8-11H2,1H3,(H,18,22)(H,19,20). The number of hydrogen-bond acceptors (Lipinski definition) is 4. The summed E-state index contributed by atoms with van der Waals surface area (Å²) in [6.07, 6.45) is 4.21. The van der Waals surface area contributed by atoms with Crippen LogP contribution in [-0.2, 0) is 16.4 Å². The molecule has 2 aromatic rings. The second kappa shape index (κ2) is 7.37. The van der Waals surface area contributed by atoms with Gasteiger partial charge in [0.2, 0.25) is 10.0 Å². The number of sulfonamides is 1. The normalized spacial score (nSPS) is 15.4. The number of nitrogens with one attached hydrogen (secondary N) is 2. The summed E-state index contributed by atoms with van der Waals surface area (Å²) in [5.74, 6) is 0.623. The first kappa shape index (κ1) is 17.6. The summed E-state index contributed by atoms with van der Waals surface area (Å²) in [6, 6.07) is 6.11. The van der Waals surface area contributed by atoms with Gasteiger partial charge in [0.1, 0.15) is 5.82 Å². The Morgan fingerprint density at radius 1 is 1.24 bits per heavy atom. The average Bonchev–Trinajstić information content (AvgIpc) is 3.27. The van der Waals surface area contributed by atoms with E-state index in [1.165, 1.54) is 16.4 Å². The molecule has 1 aromatic heterocycles. The fraction of sp³-hybridized carbons (Fsp3) is 0.412. The van der Waals surface area contributed by atoms with Crippen LogP contribution >= 0.6 is 0 Å². The van der Waals surface area contributed by atoms with Crippen molar-refractivity contribution in [3.63, 3.8) is 0 Å². The van der Waals surface area contributed by atoms with E-state index in [1.54, 1.807) is 18.3 Å². The SMILES string of the molecule is Cc1ncc(CCNC(=O)c2ccc(S(=O)(=O)N3CCCC3)cc2)[nH]1. The molecule has 8 heteroatoms. The number of aromatic amines is 1. The Morgan fingerprint density at radius 3 is 2.52 bits per heavy atom. The van der Waals surface area contributed by atoms with Gasteiger partial charge in [-0.15, -0.1) is 0 Å². The van der Waals surface area contributed by atoms with E-state index in [-0.39, 0.29) is 10.8 Å². The molecular weight excluding hydrogens is 340 g/mol. The third-order valence-corrected chi connectivity index (χ3v) is 6.17. The van der Waals surface area contributed by atoms with E-state index in [0.29, 0.717) is 31.6 Å². The molecule has 0 radical (unpaired) electrons. The van der Waals surface area contributed by atoms with Crippen molar-refractivity contribution in [2.24, 2.45) is 0 Å². The molecule has 1 aliphatic heterocycles. The van der Waals surface area contributed by atoms with Gasteiger partial charge in [-0.25, -0.2) is 13.4 Å². The van der Waals surface area contributed by atoms with Gasteiger partial charge in [0.05, 0.1) is 4.90 Å². The zero-order valence-corrected chi connectivity index (χ0v) is 15.0. The first-order valence-corrected chi connectivity index (χ1v) is 9.80. The van der Waals surface area contributed by atoms with Crippen molar-refractivity contribution in [1.82, 2.24) is 19.6 Å². The largest absolute Gasteiger partial charge is 0.352 e. The Balaban J connectivity index is 1.58. The number of rotatable bonds is 6. The van der Waals surface area contributed by atoms with Crippen molar-refractivity contribution in [2.45, 2.75) is 31.1 Å². The predicted molar refractivity (Wildman–Crippen MR) is 93.8 cm³/mol. The lowest BCUT2D eigenvalue weighted by molar-refractivity contribution is 0.0954. The average molecular weight is 362 g/mol. The maximum absolute atomic E-state index is 12.5. The third kappa shape index (κ3) is 4.08. The van der Waals surface area contributed by atoms with Gasteiger partial charge in [-0.1, -0.05) is 0 Å². The second-order valence-electron chi connectivity index (χ2n) is 6.14. The Morgan fingerprint density at radius 2 is 1.92 bits per heavy atom. The van der Waals surface area contributed by atoms with E-state index in [2.05, 4.69) is 15.3 Å². The molecule has 1 fully saturated rings. The van der Waals surface area contributed by atoms with Crippen LogP contribution in [0.5, 0.6) is 0 Å². The topological polar surface area (TPSA) is 95.2 Å². The number of nitrogens with zero attached hydrogens (tertiary/aromatic N) is 2. The summed E-state index contributed by atoms with van der Waals surface area (Å²) in [5.41, 5.74) is 1.41. The van der Waals surface area contributed by atoms with Crippen LogP contribution in [0.4, 0.5) is 0 Å². The molecule has 1 amide bonds. The summed E-state index contributed by atoms with van der Waals surface area (Å²) >= 11 is 0.